The summed E-state index contributed by atoms with van der Waals surface area (Å²) in [6.45, 7) is 2.31. The van der Waals surface area contributed by atoms with Gasteiger partial charge in [-0.05, 0) is 12.1 Å². The van der Waals surface area contributed by atoms with E-state index in [0.29, 0.717) is 42.1 Å². The van der Waals surface area contributed by atoms with Crippen molar-refractivity contribution in [1.29, 1.82) is 0 Å². The van der Waals surface area contributed by atoms with Crippen LogP contribution in [0.1, 0.15) is 0 Å². The van der Waals surface area contributed by atoms with Crippen molar-refractivity contribution in [1.82, 2.24) is 4.90 Å². The minimum absolute atomic E-state index is 0.0416. The Hall–Kier alpha value is -0.970. The highest BCUT2D eigenvalue weighted by Gasteiger charge is 2.17. The van der Waals surface area contributed by atoms with Gasteiger partial charge in [0.05, 0.1) is 18.2 Å². The Morgan fingerprint density at radius 1 is 1.33 bits per heavy atom. The van der Waals surface area contributed by atoms with Crippen molar-refractivity contribution in [3.8, 4) is 5.75 Å². The fraction of sp³-hybridized carbons (Fsp3) is 0.417. The fourth-order valence-corrected chi connectivity index (χ4v) is 1.97. The van der Waals surface area contributed by atoms with E-state index in [1.165, 1.54) is 0 Å². The summed E-state index contributed by atoms with van der Waals surface area (Å²) >= 11 is 11.8. The third-order valence-electron chi connectivity index (χ3n) is 2.61. The first kappa shape index (κ1) is 13.5. The normalized spacial score (nSPS) is 15.6. The van der Waals surface area contributed by atoms with Crippen LogP contribution in [0.25, 0.3) is 0 Å². The Morgan fingerprint density at radius 2 is 2.06 bits per heavy atom. The molecule has 2 rings (SSSR count). The van der Waals surface area contributed by atoms with Crippen LogP contribution in [-0.2, 0) is 9.53 Å². The lowest BCUT2D eigenvalue weighted by Gasteiger charge is -2.26. The maximum absolute atomic E-state index is 11.8. The average Bonchev–Trinajstić information content (AvgIpc) is 2.40. The first-order chi connectivity index (χ1) is 8.66. The van der Waals surface area contributed by atoms with Crippen LogP contribution in [0.2, 0.25) is 10.0 Å². The highest BCUT2D eigenvalue weighted by atomic mass is 35.5. The van der Waals surface area contributed by atoms with Gasteiger partial charge < -0.3 is 14.4 Å². The molecule has 0 atom stereocenters. The second-order valence-corrected chi connectivity index (χ2v) is 4.70. The zero-order valence-corrected chi connectivity index (χ0v) is 11.2. The standard InChI is InChI=1S/C12H13Cl2NO3/c13-9-1-2-10(14)11(7-9)18-8-12(16)15-3-5-17-6-4-15/h1-2,7H,3-6,8H2. The SMILES string of the molecule is O=C(COc1cc(Cl)ccc1Cl)N1CCOCC1. The number of benzene rings is 1. The van der Waals surface area contributed by atoms with Crippen molar-refractivity contribution in [2.24, 2.45) is 0 Å². The van der Waals surface area contributed by atoms with E-state index >= 15 is 0 Å². The Bertz CT molecular complexity index is 433. The summed E-state index contributed by atoms with van der Waals surface area (Å²) in [5.74, 6) is 0.347. The third kappa shape index (κ3) is 3.51. The molecule has 4 nitrogen and oxygen atoms in total. The molecule has 1 amide bonds. The molecule has 98 valence electrons. The van der Waals surface area contributed by atoms with E-state index in [9.17, 15) is 4.79 Å². The van der Waals surface area contributed by atoms with E-state index in [0.717, 1.165) is 0 Å². The number of rotatable bonds is 3. The Labute approximate surface area is 115 Å². The van der Waals surface area contributed by atoms with Gasteiger partial charge >= 0.3 is 0 Å². The molecule has 18 heavy (non-hydrogen) atoms. The summed E-state index contributed by atoms with van der Waals surface area (Å²) in [5.41, 5.74) is 0. The number of amides is 1. The number of morpholine rings is 1. The summed E-state index contributed by atoms with van der Waals surface area (Å²) in [7, 11) is 0. The maximum Gasteiger partial charge on any atom is 0.260 e. The van der Waals surface area contributed by atoms with E-state index in [2.05, 4.69) is 0 Å². The smallest absolute Gasteiger partial charge is 0.260 e. The van der Waals surface area contributed by atoms with Crippen molar-refractivity contribution in [3.05, 3.63) is 28.2 Å². The molecule has 0 bridgehead atoms. The van der Waals surface area contributed by atoms with Crippen molar-refractivity contribution < 1.29 is 14.3 Å². The zero-order valence-electron chi connectivity index (χ0n) is 9.70. The Morgan fingerprint density at radius 3 is 2.78 bits per heavy atom. The molecule has 6 heteroatoms. The van der Waals surface area contributed by atoms with Crippen LogP contribution in [-0.4, -0.2) is 43.7 Å². The Kier molecular flexibility index (Phi) is 4.69. The minimum Gasteiger partial charge on any atom is -0.482 e. The molecule has 0 radical (unpaired) electrons. The first-order valence-electron chi connectivity index (χ1n) is 5.60. The number of nitrogens with zero attached hydrogens (tertiary/aromatic N) is 1. The van der Waals surface area contributed by atoms with Crippen molar-refractivity contribution >= 4 is 29.1 Å². The van der Waals surface area contributed by atoms with Gasteiger partial charge in [0.2, 0.25) is 0 Å². The van der Waals surface area contributed by atoms with Crippen LogP contribution in [0.3, 0.4) is 0 Å². The molecule has 0 unspecified atom stereocenters. The van der Waals surface area contributed by atoms with E-state index < -0.39 is 0 Å². The van der Waals surface area contributed by atoms with Gasteiger partial charge in [-0.2, -0.15) is 0 Å². The molecule has 0 saturated carbocycles. The summed E-state index contributed by atoms with van der Waals surface area (Å²) in [6.07, 6.45) is 0. The molecule has 0 N–H and O–H groups in total. The molecule has 1 heterocycles. The highest BCUT2D eigenvalue weighted by Crippen LogP contribution is 2.27. The minimum atomic E-state index is -0.0747. The molecule has 0 aliphatic carbocycles. The fourth-order valence-electron chi connectivity index (χ4n) is 1.63. The zero-order chi connectivity index (χ0) is 13.0. The van der Waals surface area contributed by atoms with Gasteiger partial charge in [-0.1, -0.05) is 23.2 Å². The van der Waals surface area contributed by atoms with Crippen LogP contribution < -0.4 is 4.74 Å². The predicted molar refractivity (Wildman–Crippen MR) is 69.4 cm³/mol. The van der Waals surface area contributed by atoms with E-state index in [-0.39, 0.29) is 12.5 Å². The predicted octanol–water partition coefficient (Wildman–Crippen LogP) is 2.23. The van der Waals surface area contributed by atoms with Crippen LogP contribution >= 0.6 is 23.2 Å². The van der Waals surface area contributed by atoms with Gasteiger partial charge in [-0.15, -0.1) is 0 Å². The average molecular weight is 290 g/mol. The number of hydrogen-bond acceptors (Lipinski definition) is 3. The lowest BCUT2D eigenvalue weighted by Crippen LogP contribution is -2.42. The molecule has 0 aromatic heterocycles. The summed E-state index contributed by atoms with van der Waals surface area (Å²) in [4.78, 5) is 13.5. The molecule has 1 aliphatic rings. The quantitative estimate of drug-likeness (QED) is 0.857. The lowest BCUT2D eigenvalue weighted by atomic mass is 10.3. The van der Waals surface area contributed by atoms with Crippen molar-refractivity contribution in [2.45, 2.75) is 0 Å². The summed E-state index contributed by atoms with van der Waals surface area (Å²) < 4.78 is 10.6. The first-order valence-corrected chi connectivity index (χ1v) is 6.36. The van der Waals surface area contributed by atoms with Gasteiger partial charge in [-0.3, -0.25) is 4.79 Å². The number of halogens is 2. The van der Waals surface area contributed by atoms with Crippen LogP contribution in [0.15, 0.2) is 18.2 Å². The third-order valence-corrected chi connectivity index (χ3v) is 3.16. The number of hydrogen-bond donors (Lipinski definition) is 0. The monoisotopic (exact) mass is 289 g/mol. The van der Waals surface area contributed by atoms with Gasteiger partial charge in [0, 0.05) is 24.2 Å². The van der Waals surface area contributed by atoms with Crippen LogP contribution in [0.5, 0.6) is 5.75 Å². The second-order valence-electron chi connectivity index (χ2n) is 3.86. The number of ether oxygens (including phenoxy) is 2. The van der Waals surface area contributed by atoms with Crippen molar-refractivity contribution in [2.75, 3.05) is 32.9 Å². The van der Waals surface area contributed by atoms with E-state index in [4.69, 9.17) is 32.7 Å². The molecule has 1 aliphatic heterocycles. The van der Waals surface area contributed by atoms with Crippen molar-refractivity contribution in [3.63, 3.8) is 0 Å². The van der Waals surface area contributed by atoms with E-state index in [1.807, 2.05) is 0 Å². The van der Waals surface area contributed by atoms with Crippen LogP contribution in [0.4, 0.5) is 0 Å². The van der Waals surface area contributed by atoms with Gasteiger partial charge in [-0.25, -0.2) is 0 Å². The second kappa shape index (κ2) is 6.27. The highest BCUT2D eigenvalue weighted by molar-refractivity contribution is 6.34. The molecule has 1 saturated heterocycles. The molecule has 1 aromatic rings. The van der Waals surface area contributed by atoms with Crippen LogP contribution in [0, 0.1) is 0 Å². The molecule has 1 aromatic carbocycles. The number of carbonyl (C=O) groups excluding carboxylic acids is 1. The van der Waals surface area contributed by atoms with Gasteiger partial charge in [0.15, 0.2) is 6.61 Å². The molecular weight excluding hydrogens is 277 g/mol. The topological polar surface area (TPSA) is 38.8 Å². The molecule has 1 fully saturated rings. The van der Waals surface area contributed by atoms with Gasteiger partial charge in [0.1, 0.15) is 5.75 Å². The maximum atomic E-state index is 11.8. The molecular formula is C12H13Cl2NO3. The summed E-state index contributed by atoms with van der Waals surface area (Å²) in [5, 5.41) is 0.961. The molecule has 0 spiro atoms. The lowest BCUT2D eigenvalue weighted by molar-refractivity contribution is -0.137. The summed E-state index contributed by atoms with van der Waals surface area (Å²) in [6, 6.07) is 4.90. The number of carbonyl (C=O) groups is 1. The van der Waals surface area contributed by atoms with Gasteiger partial charge in [0.25, 0.3) is 5.91 Å². The Balaban J connectivity index is 1.90. The largest absolute Gasteiger partial charge is 0.482 e. The van der Waals surface area contributed by atoms with E-state index in [1.54, 1.807) is 23.1 Å².